The molecule has 0 saturated heterocycles. The van der Waals surface area contributed by atoms with Crippen molar-refractivity contribution in [2.75, 3.05) is 13.2 Å². The molecule has 2 amide bonds. The fraction of sp³-hybridized carbons (Fsp3) is 0.792. The molecule has 3 N–H and O–H groups in total. The van der Waals surface area contributed by atoms with Crippen LogP contribution >= 0.6 is 0 Å². The summed E-state index contributed by atoms with van der Waals surface area (Å²) in [6, 6.07) is 0. The van der Waals surface area contributed by atoms with Gasteiger partial charge in [0.15, 0.2) is 0 Å². The number of alkyl carbamates (subject to hydrolysis) is 2. The molecule has 3 saturated carbocycles. The van der Waals surface area contributed by atoms with Gasteiger partial charge in [0.05, 0.1) is 12.7 Å². The molecule has 3 aliphatic rings. The molecule has 8 nitrogen and oxygen atoms in total. The van der Waals surface area contributed by atoms with Crippen molar-refractivity contribution >= 4 is 18.0 Å². The summed E-state index contributed by atoms with van der Waals surface area (Å²) < 4.78 is 10.5. The van der Waals surface area contributed by atoms with E-state index in [2.05, 4.69) is 13.5 Å². The quantitative estimate of drug-likeness (QED) is 0.561. The second kappa shape index (κ2) is 8.78. The Bertz CT molecular complexity index is 784. The lowest BCUT2D eigenvalue weighted by Crippen LogP contribution is -2.63. The lowest BCUT2D eigenvalue weighted by molar-refractivity contribution is -0.191. The SMILES string of the molecule is C=C[C@]1(C)C[C@@H](OC(=O)NC(=O)OCCO)[C@@]2(C)C(C)CC[C@]3(CCC(=O)[C@H]32)[C@@H](C)[C@@H]1O. The molecule has 8 heteroatoms. The van der Waals surface area contributed by atoms with Gasteiger partial charge in [0.2, 0.25) is 0 Å². The molecule has 0 aromatic rings. The maximum atomic E-state index is 13.3. The van der Waals surface area contributed by atoms with Gasteiger partial charge >= 0.3 is 12.2 Å². The number of rotatable bonds is 4. The van der Waals surface area contributed by atoms with Gasteiger partial charge in [0.25, 0.3) is 0 Å². The first kappa shape index (κ1) is 24.7. The summed E-state index contributed by atoms with van der Waals surface area (Å²) in [6.07, 6.45) is 1.43. The van der Waals surface area contributed by atoms with Crippen molar-refractivity contribution in [3.8, 4) is 0 Å². The van der Waals surface area contributed by atoms with E-state index in [9.17, 15) is 19.5 Å². The minimum absolute atomic E-state index is 0.0957. The predicted octanol–water partition coefficient (Wildman–Crippen LogP) is 3.20. The largest absolute Gasteiger partial charge is 0.447 e. The average molecular weight is 452 g/mol. The molecule has 32 heavy (non-hydrogen) atoms. The Balaban J connectivity index is 2.02. The van der Waals surface area contributed by atoms with Crippen LogP contribution in [0.15, 0.2) is 12.7 Å². The summed E-state index contributed by atoms with van der Waals surface area (Å²) in [5, 5.41) is 22.3. The van der Waals surface area contributed by atoms with Crippen LogP contribution in [-0.2, 0) is 14.3 Å². The lowest BCUT2D eigenvalue weighted by Gasteiger charge is -2.61. The van der Waals surface area contributed by atoms with E-state index in [0.717, 1.165) is 19.3 Å². The second-order valence-electron chi connectivity index (χ2n) is 10.5. The minimum Gasteiger partial charge on any atom is -0.447 e. The zero-order chi connectivity index (χ0) is 23.9. The van der Waals surface area contributed by atoms with Gasteiger partial charge in [-0.2, -0.15) is 0 Å². The number of ether oxygens (including phenoxy) is 2. The van der Waals surface area contributed by atoms with Crippen LogP contribution in [0, 0.1) is 34.0 Å². The van der Waals surface area contributed by atoms with Crippen molar-refractivity contribution in [3.63, 3.8) is 0 Å². The van der Waals surface area contributed by atoms with Crippen LogP contribution < -0.4 is 5.32 Å². The lowest BCUT2D eigenvalue weighted by atomic mass is 9.44. The molecule has 2 bridgehead atoms. The predicted molar refractivity (Wildman–Crippen MR) is 117 cm³/mol. The smallest absolute Gasteiger partial charge is 0.416 e. The molecule has 8 atom stereocenters. The van der Waals surface area contributed by atoms with Gasteiger partial charge in [-0.25, -0.2) is 14.9 Å². The molecular formula is C24H37NO7. The monoisotopic (exact) mass is 451 g/mol. The molecule has 0 aliphatic heterocycles. The number of nitrogens with one attached hydrogen (secondary N) is 1. The number of ketones is 1. The highest BCUT2D eigenvalue weighted by molar-refractivity contribution is 5.88. The van der Waals surface area contributed by atoms with Gasteiger partial charge in [-0.3, -0.25) is 4.79 Å². The van der Waals surface area contributed by atoms with Crippen molar-refractivity contribution in [1.82, 2.24) is 5.32 Å². The Kier molecular flexibility index (Phi) is 6.78. The highest BCUT2D eigenvalue weighted by Crippen LogP contribution is 2.67. The van der Waals surface area contributed by atoms with E-state index in [4.69, 9.17) is 14.6 Å². The van der Waals surface area contributed by atoms with Crippen molar-refractivity contribution in [1.29, 1.82) is 0 Å². The Labute approximate surface area is 189 Å². The number of aliphatic hydroxyl groups excluding tert-OH is 2. The molecule has 0 spiro atoms. The molecular weight excluding hydrogens is 414 g/mol. The third-order valence-corrected chi connectivity index (χ3v) is 9.08. The summed E-state index contributed by atoms with van der Waals surface area (Å²) >= 11 is 0. The summed E-state index contributed by atoms with van der Waals surface area (Å²) in [5.41, 5.74) is -1.76. The maximum absolute atomic E-state index is 13.3. The van der Waals surface area contributed by atoms with Crippen molar-refractivity contribution in [2.45, 2.75) is 72.0 Å². The molecule has 0 aromatic heterocycles. The fourth-order valence-electron chi connectivity index (χ4n) is 6.92. The standard InChI is InChI=1S/C24H37NO7/c1-6-22(4)13-17(32-21(30)25-20(29)31-12-11-26)23(5)14(2)7-9-24(15(3)19(22)28)10-8-16(27)18(23)24/h6,14-15,17-19,26,28H,1,7-13H2,2-5H3,(H,25,29,30)/t14?,15-,17+,18-,19-,22+,23+,24-/m0/s1. The molecule has 180 valence electrons. The highest BCUT2D eigenvalue weighted by atomic mass is 16.6. The van der Waals surface area contributed by atoms with Gasteiger partial charge in [-0.1, -0.05) is 33.8 Å². The minimum atomic E-state index is -1.01. The first-order valence-corrected chi connectivity index (χ1v) is 11.6. The Morgan fingerprint density at radius 2 is 1.94 bits per heavy atom. The summed E-state index contributed by atoms with van der Waals surface area (Å²) in [5.74, 6) is -0.191. The number of carbonyl (C=O) groups excluding carboxylic acids is 3. The second-order valence-corrected chi connectivity index (χ2v) is 10.5. The van der Waals surface area contributed by atoms with E-state index >= 15 is 0 Å². The van der Waals surface area contributed by atoms with Crippen LogP contribution in [0.5, 0.6) is 0 Å². The number of amides is 2. The number of carbonyl (C=O) groups is 3. The van der Waals surface area contributed by atoms with Gasteiger partial charge in [-0.05, 0) is 42.9 Å². The zero-order valence-electron chi connectivity index (χ0n) is 19.6. The number of imide groups is 1. The van der Waals surface area contributed by atoms with Crippen LogP contribution in [-0.4, -0.2) is 53.6 Å². The van der Waals surface area contributed by atoms with Gasteiger partial charge in [0.1, 0.15) is 18.5 Å². The molecule has 0 aromatic carbocycles. The molecule has 3 rings (SSSR count). The highest BCUT2D eigenvalue weighted by Gasteiger charge is 2.68. The summed E-state index contributed by atoms with van der Waals surface area (Å²) in [6.45, 7) is 11.4. The normalized spacial score (nSPS) is 43.4. The third kappa shape index (κ3) is 3.75. The Hall–Kier alpha value is -1.93. The van der Waals surface area contributed by atoms with E-state index in [1.807, 2.05) is 26.1 Å². The third-order valence-electron chi connectivity index (χ3n) is 9.08. The van der Waals surface area contributed by atoms with Crippen molar-refractivity contribution in [3.05, 3.63) is 12.7 Å². The maximum Gasteiger partial charge on any atom is 0.416 e. The average Bonchev–Trinajstić information content (AvgIpc) is 3.11. The number of hydrogen-bond acceptors (Lipinski definition) is 7. The number of Topliss-reactive ketones (excluding diaryl/α,β-unsaturated/α-hetero) is 1. The topological polar surface area (TPSA) is 122 Å². The van der Waals surface area contributed by atoms with Gasteiger partial charge < -0.3 is 19.7 Å². The van der Waals surface area contributed by atoms with E-state index in [1.54, 1.807) is 6.08 Å². The Morgan fingerprint density at radius 1 is 1.25 bits per heavy atom. The van der Waals surface area contributed by atoms with Crippen LogP contribution in [0.4, 0.5) is 9.59 Å². The number of hydrogen-bond donors (Lipinski definition) is 3. The fourth-order valence-corrected chi connectivity index (χ4v) is 6.92. The molecule has 0 radical (unpaired) electrons. The molecule has 3 aliphatic carbocycles. The number of aliphatic hydroxyl groups is 2. The summed E-state index contributed by atoms with van der Waals surface area (Å²) in [7, 11) is 0. The van der Waals surface area contributed by atoms with Crippen molar-refractivity contribution < 1.29 is 34.1 Å². The Morgan fingerprint density at radius 3 is 2.56 bits per heavy atom. The zero-order valence-corrected chi connectivity index (χ0v) is 19.6. The first-order valence-electron chi connectivity index (χ1n) is 11.6. The van der Waals surface area contributed by atoms with Crippen LogP contribution in [0.25, 0.3) is 0 Å². The molecule has 3 fully saturated rings. The van der Waals surface area contributed by atoms with E-state index in [-0.39, 0.29) is 48.6 Å². The molecule has 0 heterocycles. The molecule has 1 unspecified atom stereocenters. The first-order chi connectivity index (χ1) is 15.0. The van der Waals surface area contributed by atoms with E-state index < -0.39 is 35.2 Å². The van der Waals surface area contributed by atoms with Crippen LogP contribution in [0.1, 0.15) is 59.8 Å². The summed E-state index contributed by atoms with van der Waals surface area (Å²) in [4.78, 5) is 37.7. The van der Waals surface area contributed by atoms with Gasteiger partial charge in [-0.15, -0.1) is 6.58 Å². The van der Waals surface area contributed by atoms with E-state index in [1.165, 1.54) is 0 Å². The van der Waals surface area contributed by atoms with Gasteiger partial charge in [0, 0.05) is 23.2 Å². The van der Waals surface area contributed by atoms with Crippen LogP contribution in [0.2, 0.25) is 0 Å². The van der Waals surface area contributed by atoms with E-state index in [0.29, 0.717) is 6.42 Å². The van der Waals surface area contributed by atoms with Crippen LogP contribution in [0.3, 0.4) is 0 Å². The van der Waals surface area contributed by atoms with Crippen molar-refractivity contribution in [2.24, 2.45) is 34.0 Å².